The second kappa shape index (κ2) is 9.36. The third-order valence-electron chi connectivity index (χ3n) is 9.31. The molecule has 10 rings (SSSR count). The van der Waals surface area contributed by atoms with Crippen LogP contribution in [0.15, 0.2) is 144 Å². The van der Waals surface area contributed by atoms with Crippen molar-refractivity contribution in [2.24, 2.45) is 0 Å². The fourth-order valence-electron chi connectivity index (χ4n) is 7.44. The van der Waals surface area contributed by atoms with Crippen molar-refractivity contribution >= 4 is 11.0 Å². The lowest BCUT2D eigenvalue weighted by Gasteiger charge is -2.28. The fourth-order valence-corrected chi connectivity index (χ4v) is 7.44. The van der Waals surface area contributed by atoms with Crippen LogP contribution in [-0.4, -0.2) is 24.9 Å². The molecule has 2 aliphatic carbocycles. The topological polar surface area (TPSA) is 77.6 Å². The average molecular weight is 590 g/mol. The maximum atomic E-state index is 6.84. The Morgan fingerprint density at radius 1 is 0.478 bits per heavy atom. The predicted octanol–water partition coefficient (Wildman–Crippen LogP) is 8.75. The monoisotopic (exact) mass is 589 g/mol. The van der Waals surface area contributed by atoms with Crippen molar-refractivity contribution in [2.45, 2.75) is 5.41 Å². The zero-order chi connectivity index (χ0) is 30.2. The minimum atomic E-state index is -0.573. The summed E-state index contributed by atoms with van der Waals surface area (Å²) in [5, 5.41) is 1.14. The lowest BCUT2D eigenvalue weighted by atomic mass is 9.73. The number of hydrogen-bond acceptors (Lipinski definition) is 6. The molecule has 4 aromatic carbocycles. The molecule has 1 atom stereocenters. The molecule has 6 heteroatoms. The molecule has 46 heavy (non-hydrogen) atoms. The van der Waals surface area contributed by atoms with Gasteiger partial charge in [-0.05, 0) is 69.8 Å². The molecular weight excluding hydrogens is 566 g/mol. The van der Waals surface area contributed by atoms with Crippen molar-refractivity contribution in [3.05, 3.63) is 162 Å². The third-order valence-corrected chi connectivity index (χ3v) is 9.31. The molecule has 2 aliphatic rings. The van der Waals surface area contributed by atoms with E-state index in [0.29, 0.717) is 17.5 Å². The second-order valence-corrected chi connectivity index (χ2v) is 11.7. The highest BCUT2D eigenvalue weighted by Crippen LogP contribution is 2.64. The lowest BCUT2D eigenvalue weighted by molar-refractivity contribution is 0.507. The van der Waals surface area contributed by atoms with Crippen LogP contribution in [0.25, 0.3) is 67.4 Å². The first-order chi connectivity index (χ1) is 22.8. The SMILES string of the molecule is c1cncc(-c2nc(-c3cccnc3)nc(-c3ccc4c(c3)-c3ccccc3C43c4ccccc4-c4c3oc3ccccc43)n2)c1. The van der Waals surface area contributed by atoms with Gasteiger partial charge < -0.3 is 4.42 Å². The van der Waals surface area contributed by atoms with E-state index in [0.717, 1.165) is 39.0 Å². The molecule has 214 valence electrons. The molecule has 0 amide bonds. The van der Waals surface area contributed by atoms with E-state index < -0.39 is 5.41 Å². The summed E-state index contributed by atoms with van der Waals surface area (Å²) in [6.07, 6.45) is 7.04. The molecule has 1 spiro atoms. The molecule has 4 heterocycles. The van der Waals surface area contributed by atoms with Crippen LogP contribution in [-0.2, 0) is 5.41 Å². The first kappa shape index (κ1) is 25.1. The third kappa shape index (κ3) is 3.32. The molecule has 1 unspecified atom stereocenters. The highest BCUT2D eigenvalue weighted by Gasteiger charge is 2.54. The Bertz CT molecular complexity index is 2430. The lowest BCUT2D eigenvalue weighted by Crippen LogP contribution is -2.25. The number of hydrogen-bond donors (Lipinski definition) is 0. The minimum absolute atomic E-state index is 0.561. The maximum Gasteiger partial charge on any atom is 0.165 e. The number of furan rings is 1. The number of pyridine rings is 2. The van der Waals surface area contributed by atoms with E-state index in [1.807, 2.05) is 30.3 Å². The number of benzene rings is 4. The number of nitrogens with zero attached hydrogens (tertiary/aromatic N) is 5. The Hall–Kier alpha value is -6.27. The van der Waals surface area contributed by atoms with E-state index >= 15 is 0 Å². The highest BCUT2D eigenvalue weighted by atomic mass is 16.3. The summed E-state index contributed by atoms with van der Waals surface area (Å²) in [5.74, 6) is 2.69. The number of aromatic nitrogens is 5. The van der Waals surface area contributed by atoms with Gasteiger partial charge in [0.2, 0.25) is 0 Å². The molecule has 0 bridgehead atoms. The van der Waals surface area contributed by atoms with Gasteiger partial charge in [-0.1, -0.05) is 78.9 Å². The van der Waals surface area contributed by atoms with Gasteiger partial charge in [-0.2, -0.15) is 0 Å². The van der Waals surface area contributed by atoms with Crippen LogP contribution < -0.4 is 0 Å². The van der Waals surface area contributed by atoms with Crippen molar-refractivity contribution in [3.8, 4) is 56.4 Å². The van der Waals surface area contributed by atoms with Gasteiger partial charge in [-0.25, -0.2) is 15.0 Å². The van der Waals surface area contributed by atoms with Gasteiger partial charge in [0, 0.05) is 52.4 Å². The Labute approximate surface area is 264 Å². The Kier molecular flexibility index (Phi) is 5.11. The normalized spacial score (nSPS) is 15.5. The van der Waals surface area contributed by atoms with Crippen molar-refractivity contribution < 1.29 is 4.42 Å². The Balaban J connectivity index is 1.24. The number of rotatable bonds is 3. The predicted molar refractivity (Wildman–Crippen MR) is 178 cm³/mol. The van der Waals surface area contributed by atoms with E-state index in [4.69, 9.17) is 19.4 Å². The first-order valence-electron chi connectivity index (χ1n) is 15.2. The maximum absolute atomic E-state index is 6.84. The molecule has 6 nitrogen and oxygen atoms in total. The Morgan fingerprint density at radius 2 is 1.07 bits per heavy atom. The van der Waals surface area contributed by atoms with E-state index in [1.165, 1.54) is 33.4 Å². The van der Waals surface area contributed by atoms with Crippen LogP contribution in [0.2, 0.25) is 0 Å². The molecular formula is C40H23N5O. The van der Waals surface area contributed by atoms with Crippen molar-refractivity contribution in [3.63, 3.8) is 0 Å². The Morgan fingerprint density at radius 3 is 1.76 bits per heavy atom. The van der Waals surface area contributed by atoms with E-state index in [2.05, 4.69) is 94.9 Å². The molecule has 0 radical (unpaired) electrons. The summed E-state index contributed by atoms with van der Waals surface area (Å²) in [7, 11) is 0. The molecule has 0 aliphatic heterocycles. The van der Waals surface area contributed by atoms with Crippen LogP contribution in [0, 0.1) is 0 Å². The van der Waals surface area contributed by atoms with Crippen molar-refractivity contribution in [2.75, 3.05) is 0 Å². The molecule has 0 saturated carbocycles. The van der Waals surface area contributed by atoms with E-state index in [-0.39, 0.29) is 0 Å². The molecule has 0 N–H and O–H groups in total. The average Bonchev–Trinajstić information content (AvgIpc) is 3.76. The van der Waals surface area contributed by atoms with Crippen molar-refractivity contribution in [1.29, 1.82) is 0 Å². The highest BCUT2D eigenvalue weighted by molar-refractivity contribution is 6.04. The van der Waals surface area contributed by atoms with E-state index in [9.17, 15) is 0 Å². The van der Waals surface area contributed by atoms with Gasteiger partial charge in [0.05, 0.1) is 0 Å². The zero-order valence-corrected chi connectivity index (χ0v) is 24.4. The smallest absolute Gasteiger partial charge is 0.165 e. The largest absolute Gasteiger partial charge is 0.459 e. The standard InChI is InChI=1S/C40H23N5O/c1-4-14-31-27(11-1)30-21-24(37-43-38(25-9-7-19-41-22-25)45-39(44-37)26-10-8-20-42-23-26)17-18-33(30)40(31)32-15-5-2-12-28(32)35-29-13-3-6-16-34(29)46-36(35)40/h1-23H. The van der Waals surface area contributed by atoms with Gasteiger partial charge in [-0.15, -0.1) is 0 Å². The minimum Gasteiger partial charge on any atom is -0.459 e. The molecule has 8 aromatic rings. The van der Waals surface area contributed by atoms with E-state index in [1.54, 1.807) is 24.8 Å². The summed E-state index contributed by atoms with van der Waals surface area (Å²) < 4.78 is 6.84. The molecule has 4 aromatic heterocycles. The second-order valence-electron chi connectivity index (χ2n) is 11.7. The van der Waals surface area contributed by atoms with Crippen LogP contribution in [0.1, 0.15) is 22.5 Å². The van der Waals surface area contributed by atoms with Gasteiger partial charge in [0.1, 0.15) is 16.8 Å². The first-order valence-corrected chi connectivity index (χ1v) is 15.2. The van der Waals surface area contributed by atoms with Crippen LogP contribution in [0.3, 0.4) is 0 Å². The fraction of sp³-hybridized carbons (Fsp3) is 0.0250. The number of para-hydroxylation sites is 1. The zero-order valence-electron chi connectivity index (χ0n) is 24.4. The summed E-state index contributed by atoms with van der Waals surface area (Å²) in [4.78, 5) is 23.4. The van der Waals surface area contributed by atoms with Gasteiger partial charge in [-0.3, -0.25) is 9.97 Å². The summed E-state index contributed by atoms with van der Waals surface area (Å²) in [5.41, 5.74) is 11.2. The summed E-state index contributed by atoms with van der Waals surface area (Å²) in [6.45, 7) is 0. The van der Waals surface area contributed by atoms with Gasteiger partial charge in [0.25, 0.3) is 0 Å². The molecule has 0 saturated heterocycles. The number of fused-ring (bicyclic) bond motifs is 12. The van der Waals surface area contributed by atoms with Crippen LogP contribution >= 0.6 is 0 Å². The van der Waals surface area contributed by atoms with Crippen LogP contribution in [0.4, 0.5) is 0 Å². The van der Waals surface area contributed by atoms with Crippen LogP contribution in [0.5, 0.6) is 0 Å². The van der Waals surface area contributed by atoms with Crippen molar-refractivity contribution in [1.82, 2.24) is 24.9 Å². The summed E-state index contributed by atoms with van der Waals surface area (Å²) in [6, 6.07) is 40.1. The summed E-state index contributed by atoms with van der Waals surface area (Å²) >= 11 is 0. The van der Waals surface area contributed by atoms with Gasteiger partial charge >= 0.3 is 0 Å². The van der Waals surface area contributed by atoms with Gasteiger partial charge in [0.15, 0.2) is 17.5 Å². The quantitative estimate of drug-likeness (QED) is 0.205. The molecule has 0 fully saturated rings.